The zero-order chi connectivity index (χ0) is 19.5. The second-order valence-corrected chi connectivity index (χ2v) is 7.46. The van der Waals surface area contributed by atoms with Gasteiger partial charge in [-0.05, 0) is 42.0 Å². The van der Waals surface area contributed by atoms with Crippen LogP contribution in [-0.2, 0) is 4.79 Å². The normalized spacial score (nSPS) is 12.1. The van der Waals surface area contributed by atoms with Crippen molar-refractivity contribution in [2.75, 3.05) is 5.32 Å². The molecule has 7 heteroatoms. The van der Waals surface area contributed by atoms with Crippen molar-refractivity contribution in [2.45, 2.75) is 17.4 Å². The maximum atomic E-state index is 13.8. The summed E-state index contributed by atoms with van der Waals surface area (Å²) in [5.74, 6) is -0.543. The number of nitrogens with one attached hydrogen (secondary N) is 1. The summed E-state index contributed by atoms with van der Waals surface area (Å²) in [6.07, 6.45) is 0. The Balaban J connectivity index is 1.43. The summed E-state index contributed by atoms with van der Waals surface area (Å²) in [7, 11) is 0. The first-order chi connectivity index (χ1) is 13.6. The number of aromatic nitrogens is 2. The van der Waals surface area contributed by atoms with Crippen molar-refractivity contribution in [3.05, 3.63) is 72.5 Å². The molecule has 3 aromatic carbocycles. The number of rotatable bonds is 5. The summed E-state index contributed by atoms with van der Waals surface area (Å²) >= 11 is 1.12. The molecule has 140 valence electrons. The first-order valence-corrected chi connectivity index (χ1v) is 9.53. The van der Waals surface area contributed by atoms with Gasteiger partial charge in [0.15, 0.2) is 0 Å². The van der Waals surface area contributed by atoms with E-state index in [1.165, 1.54) is 6.07 Å². The van der Waals surface area contributed by atoms with Gasteiger partial charge in [-0.2, -0.15) is 0 Å². The Morgan fingerprint density at radius 2 is 1.79 bits per heavy atom. The van der Waals surface area contributed by atoms with E-state index in [2.05, 4.69) is 15.5 Å². The zero-order valence-corrected chi connectivity index (χ0v) is 15.7. The summed E-state index contributed by atoms with van der Waals surface area (Å²) in [5.41, 5.74) is 0.948. The lowest BCUT2D eigenvalue weighted by molar-refractivity contribution is -0.115. The number of carbonyl (C=O) groups is 1. The van der Waals surface area contributed by atoms with Gasteiger partial charge in [-0.25, -0.2) is 4.39 Å². The number of fused-ring (bicyclic) bond motifs is 1. The molecule has 0 spiro atoms. The standard InChI is InChI=1S/C21H16FN3O2S/c1-13(19(26)23-16-11-10-14-6-2-3-7-15(14)12-16)28-21-25-24-20(27-21)17-8-4-5-9-18(17)22/h2-13H,1H3,(H,23,26)/t13-/m1/s1. The van der Waals surface area contributed by atoms with E-state index in [1.807, 2.05) is 42.5 Å². The number of carbonyl (C=O) groups excluding carboxylic acids is 1. The topological polar surface area (TPSA) is 68.0 Å². The molecule has 1 amide bonds. The van der Waals surface area contributed by atoms with Crippen LogP contribution in [0.5, 0.6) is 0 Å². The minimum absolute atomic E-state index is 0.0859. The highest BCUT2D eigenvalue weighted by molar-refractivity contribution is 8.00. The molecule has 1 heterocycles. The minimum atomic E-state index is -0.472. The molecule has 4 rings (SSSR count). The molecule has 0 saturated carbocycles. The summed E-state index contributed by atoms with van der Waals surface area (Å²) in [6.45, 7) is 1.74. The molecule has 1 N–H and O–H groups in total. The van der Waals surface area contributed by atoms with Gasteiger partial charge in [0.2, 0.25) is 5.91 Å². The fourth-order valence-corrected chi connectivity index (χ4v) is 3.40. The third-order valence-corrected chi connectivity index (χ3v) is 5.11. The Labute approximate surface area is 165 Å². The molecule has 1 aromatic heterocycles. The van der Waals surface area contributed by atoms with Gasteiger partial charge in [-0.1, -0.05) is 54.2 Å². The summed E-state index contributed by atoms with van der Waals surface area (Å²) < 4.78 is 19.3. The molecule has 0 aliphatic carbocycles. The molecule has 0 unspecified atom stereocenters. The highest BCUT2D eigenvalue weighted by Gasteiger charge is 2.20. The number of anilines is 1. The Bertz CT molecular complexity index is 1150. The molecule has 4 aromatic rings. The Morgan fingerprint density at radius 1 is 1.04 bits per heavy atom. The summed E-state index contributed by atoms with van der Waals surface area (Å²) in [6, 6.07) is 19.8. The molecule has 0 aliphatic heterocycles. The minimum Gasteiger partial charge on any atom is -0.411 e. The van der Waals surface area contributed by atoms with Crippen molar-refractivity contribution in [2.24, 2.45) is 0 Å². The maximum Gasteiger partial charge on any atom is 0.277 e. The lowest BCUT2D eigenvalue weighted by atomic mass is 10.1. The molecular weight excluding hydrogens is 377 g/mol. The number of hydrogen-bond acceptors (Lipinski definition) is 5. The predicted octanol–water partition coefficient (Wildman–Crippen LogP) is 5.15. The van der Waals surface area contributed by atoms with Crippen LogP contribution in [0.15, 0.2) is 76.4 Å². The predicted molar refractivity (Wildman–Crippen MR) is 108 cm³/mol. The number of nitrogens with zero attached hydrogens (tertiary/aromatic N) is 2. The lowest BCUT2D eigenvalue weighted by Gasteiger charge is -2.10. The Kier molecular flexibility index (Phi) is 5.08. The van der Waals surface area contributed by atoms with Gasteiger partial charge in [0.25, 0.3) is 11.1 Å². The second kappa shape index (κ2) is 7.82. The average molecular weight is 393 g/mol. The van der Waals surface area contributed by atoms with E-state index >= 15 is 0 Å². The van der Waals surface area contributed by atoms with Gasteiger partial charge in [0.1, 0.15) is 5.82 Å². The van der Waals surface area contributed by atoms with Gasteiger partial charge < -0.3 is 9.73 Å². The third-order valence-electron chi connectivity index (χ3n) is 4.17. The van der Waals surface area contributed by atoms with E-state index in [0.29, 0.717) is 5.69 Å². The van der Waals surface area contributed by atoms with Crippen LogP contribution in [0.3, 0.4) is 0 Å². The molecule has 28 heavy (non-hydrogen) atoms. The molecule has 0 saturated heterocycles. The van der Waals surface area contributed by atoms with Crippen molar-refractivity contribution >= 4 is 34.1 Å². The Hall–Kier alpha value is -3.19. The van der Waals surface area contributed by atoms with Crippen LogP contribution in [0.25, 0.3) is 22.2 Å². The van der Waals surface area contributed by atoms with Crippen molar-refractivity contribution in [3.63, 3.8) is 0 Å². The smallest absolute Gasteiger partial charge is 0.277 e. The second-order valence-electron chi connectivity index (χ2n) is 6.16. The van der Waals surface area contributed by atoms with E-state index in [-0.39, 0.29) is 22.6 Å². The van der Waals surface area contributed by atoms with Crippen LogP contribution in [0.4, 0.5) is 10.1 Å². The third kappa shape index (κ3) is 3.89. The molecule has 1 atom stereocenters. The molecule has 0 aliphatic rings. The van der Waals surface area contributed by atoms with Crippen LogP contribution in [-0.4, -0.2) is 21.4 Å². The molecular formula is C21H16FN3O2S. The van der Waals surface area contributed by atoms with Crippen molar-refractivity contribution < 1.29 is 13.6 Å². The van der Waals surface area contributed by atoms with Crippen LogP contribution in [0, 0.1) is 5.82 Å². The maximum absolute atomic E-state index is 13.8. The first kappa shape index (κ1) is 18.2. The monoisotopic (exact) mass is 393 g/mol. The fourth-order valence-electron chi connectivity index (χ4n) is 2.72. The molecule has 0 bridgehead atoms. The van der Waals surface area contributed by atoms with Gasteiger partial charge in [0, 0.05) is 5.69 Å². The van der Waals surface area contributed by atoms with Gasteiger partial charge in [-0.3, -0.25) is 4.79 Å². The van der Waals surface area contributed by atoms with Crippen LogP contribution in [0.2, 0.25) is 0 Å². The van der Waals surface area contributed by atoms with Gasteiger partial charge in [0.05, 0.1) is 10.8 Å². The van der Waals surface area contributed by atoms with Crippen molar-refractivity contribution in [1.82, 2.24) is 10.2 Å². The molecule has 0 fully saturated rings. The molecule has 0 radical (unpaired) electrons. The van der Waals surface area contributed by atoms with Crippen molar-refractivity contribution in [1.29, 1.82) is 0 Å². The van der Waals surface area contributed by atoms with E-state index in [1.54, 1.807) is 25.1 Å². The number of hydrogen-bond donors (Lipinski definition) is 1. The van der Waals surface area contributed by atoms with E-state index < -0.39 is 11.1 Å². The SMILES string of the molecule is C[C@@H](Sc1nnc(-c2ccccc2F)o1)C(=O)Nc1ccc2ccccc2c1. The lowest BCUT2D eigenvalue weighted by Crippen LogP contribution is -2.22. The number of benzene rings is 3. The van der Waals surface area contributed by atoms with Crippen LogP contribution >= 0.6 is 11.8 Å². The number of thioether (sulfide) groups is 1. The van der Waals surface area contributed by atoms with Crippen LogP contribution < -0.4 is 5.32 Å². The van der Waals surface area contributed by atoms with E-state index in [4.69, 9.17) is 4.42 Å². The quantitative estimate of drug-likeness (QED) is 0.475. The number of halogens is 1. The zero-order valence-electron chi connectivity index (χ0n) is 14.9. The Morgan fingerprint density at radius 3 is 2.61 bits per heavy atom. The summed E-state index contributed by atoms with van der Waals surface area (Å²) in [5, 5.41) is 12.6. The summed E-state index contributed by atoms with van der Waals surface area (Å²) in [4.78, 5) is 12.5. The van der Waals surface area contributed by atoms with Gasteiger partial charge >= 0.3 is 0 Å². The van der Waals surface area contributed by atoms with Crippen LogP contribution in [0.1, 0.15) is 6.92 Å². The highest BCUT2D eigenvalue weighted by Crippen LogP contribution is 2.28. The van der Waals surface area contributed by atoms with Gasteiger partial charge in [-0.15, -0.1) is 10.2 Å². The largest absolute Gasteiger partial charge is 0.411 e. The van der Waals surface area contributed by atoms with E-state index in [0.717, 1.165) is 22.5 Å². The first-order valence-electron chi connectivity index (χ1n) is 8.65. The number of amides is 1. The highest BCUT2D eigenvalue weighted by atomic mass is 32.2. The average Bonchev–Trinajstić information content (AvgIpc) is 3.16. The fraction of sp³-hybridized carbons (Fsp3) is 0.0952. The van der Waals surface area contributed by atoms with Crippen molar-refractivity contribution in [3.8, 4) is 11.5 Å². The molecule has 5 nitrogen and oxygen atoms in total. The van der Waals surface area contributed by atoms with E-state index in [9.17, 15) is 9.18 Å².